The van der Waals surface area contributed by atoms with Gasteiger partial charge in [-0.05, 0) is 53.3 Å². The van der Waals surface area contributed by atoms with E-state index in [1.165, 1.54) is 11.3 Å². The van der Waals surface area contributed by atoms with E-state index in [9.17, 15) is 9.90 Å². The molecule has 0 saturated carbocycles. The molecule has 0 spiro atoms. The molecule has 5 nitrogen and oxygen atoms in total. The number of carboxylic acids is 1. The number of para-hydroxylation sites is 1. The highest BCUT2D eigenvalue weighted by molar-refractivity contribution is 5.74. The van der Waals surface area contributed by atoms with Crippen LogP contribution in [0.5, 0.6) is 5.75 Å². The van der Waals surface area contributed by atoms with Crippen LogP contribution in [0.4, 0.5) is 5.69 Å². The van der Waals surface area contributed by atoms with E-state index in [1.807, 2.05) is 47.4 Å². The molecular formula is C27H28N2O3. The number of anilines is 1. The molecule has 2 heterocycles. The highest BCUT2D eigenvalue weighted by Crippen LogP contribution is 2.33. The topological polar surface area (TPSA) is 61.8 Å². The third-order valence-electron chi connectivity index (χ3n) is 6.59. The second-order valence-corrected chi connectivity index (χ2v) is 8.68. The summed E-state index contributed by atoms with van der Waals surface area (Å²) in [6.07, 6.45) is 1.48. The molecule has 0 aliphatic carbocycles. The monoisotopic (exact) mass is 428 g/mol. The van der Waals surface area contributed by atoms with Gasteiger partial charge in [-0.15, -0.1) is 0 Å². The minimum absolute atomic E-state index is 0.474. The smallest absolute Gasteiger partial charge is 0.321 e. The summed E-state index contributed by atoms with van der Waals surface area (Å²) in [5.74, 6) is 0.565. The van der Waals surface area contributed by atoms with Crippen LogP contribution in [0.15, 0.2) is 72.8 Å². The molecule has 0 bridgehead atoms. The van der Waals surface area contributed by atoms with Gasteiger partial charge in [-0.3, -0.25) is 9.69 Å². The van der Waals surface area contributed by atoms with E-state index in [1.54, 1.807) is 0 Å². The summed E-state index contributed by atoms with van der Waals surface area (Å²) in [4.78, 5) is 14.0. The highest BCUT2D eigenvalue weighted by Gasteiger charge is 2.31. The van der Waals surface area contributed by atoms with Crippen LogP contribution in [0.25, 0.3) is 0 Å². The van der Waals surface area contributed by atoms with Crippen molar-refractivity contribution >= 4 is 11.7 Å². The largest absolute Gasteiger partial charge is 0.494 e. The maximum Gasteiger partial charge on any atom is 0.321 e. The Kier molecular flexibility index (Phi) is 5.82. The number of hydrogen-bond acceptors (Lipinski definition) is 4. The zero-order valence-corrected chi connectivity index (χ0v) is 18.0. The van der Waals surface area contributed by atoms with E-state index in [-0.39, 0.29) is 0 Å². The zero-order chi connectivity index (χ0) is 21.9. The van der Waals surface area contributed by atoms with Gasteiger partial charge in [0.25, 0.3) is 0 Å². The van der Waals surface area contributed by atoms with Crippen LogP contribution >= 0.6 is 0 Å². The van der Waals surface area contributed by atoms with Crippen molar-refractivity contribution in [1.82, 2.24) is 4.90 Å². The summed E-state index contributed by atoms with van der Waals surface area (Å²) in [6, 6.07) is 24.1. The van der Waals surface area contributed by atoms with Crippen LogP contribution in [0.1, 0.15) is 34.6 Å². The number of nitrogens with zero attached hydrogens (tertiary/aromatic N) is 1. The third-order valence-corrected chi connectivity index (χ3v) is 6.59. The molecule has 0 amide bonds. The number of carbonyl (C=O) groups is 1. The first-order valence-electron chi connectivity index (χ1n) is 11.3. The number of hydrogen-bond donors (Lipinski definition) is 2. The fourth-order valence-electron chi connectivity index (χ4n) is 4.87. The highest BCUT2D eigenvalue weighted by atomic mass is 16.5. The Morgan fingerprint density at radius 3 is 2.69 bits per heavy atom. The van der Waals surface area contributed by atoms with Crippen molar-refractivity contribution < 1.29 is 14.6 Å². The summed E-state index contributed by atoms with van der Waals surface area (Å²) in [6.45, 7) is 2.84. The predicted molar refractivity (Wildman–Crippen MR) is 125 cm³/mol. The van der Waals surface area contributed by atoms with Crippen LogP contribution in [0.3, 0.4) is 0 Å². The number of rotatable bonds is 7. The molecule has 3 aromatic carbocycles. The van der Waals surface area contributed by atoms with Crippen molar-refractivity contribution in [1.29, 1.82) is 0 Å². The van der Waals surface area contributed by atoms with Gasteiger partial charge in [0.05, 0.1) is 6.61 Å². The number of ether oxygens (including phenoxy) is 1. The maximum absolute atomic E-state index is 11.9. The van der Waals surface area contributed by atoms with Crippen molar-refractivity contribution in [3.8, 4) is 5.75 Å². The molecule has 1 unspecified atom stereocenters. The van der Waals surface area contributed by atoms with Gasteiger partial charge in [0.2, 0.25) is 0 Å². The van der Waals surface area contributed by atoms with E-state index >= 15 is 0 Å². The molecule has 3 aromatic rings. The molecule has 164 valence electrons. The summed E-state index contributed by atoms with van der Waals surface area (Å²) >= 11 is 0. The molecular weight excluding hydrogens is 400 g/mol. The summed E-state index contributed by atoms with van der Waals surface area (Å²) in [5.41, 5.74) is 5.99. The number of carboxylic acid groups (broad SMARTS) is 1. The van der Waals surface area contributed by atoms with Crippen LogP contribution in [-0.2, 0) is 24.3 Å². The average molecular weight is 429 g/mol. The lowest BCUT2D eigenvalue weighted by Gasteiger charge is -2.34. The van der Waals surface area contributed by atoms with Gasteiger partial charge < -0.3 is 15.2 Å². The first-order valence-corrected chi connectivity index (χ1v) is 11.3. The van der Waals surface area contributed by atoms with Crippen molar-refractivity contribution in [3.05, 3.63) is 95.1 Å². The Bertz CT molecular complexity index is 1100. The molecule has 32 heavy (non-hydrogen) atoms. The molecule has 2 N–H and O–H groups in total. The van der Waals surface area contributed by atoms with Crippen LogP contribution in [0.2, 0.25) is 0 Å². The lowest BCUT2D eigenvalue weighted by molar-refractivity contribution is -0.144. The molecule has 0 fully saturated rings. The van der Waals surface area contributed by atoms with E-state index < -0.39 is 12.0 Å². The van der Waals surface area contributed by atoms with Crippen LogP contribution in [0, 0.1) is 0 Å². The lowest BCUT2D eigenvalue weighted by Crippen LogP contribution is -2.45. The number of benzene rings is 3. The minimum Gasteiger partial charge on any atom is -0.494 e. The zero-order valence-electron chi connectivity index (χ0n) is 18.0. The molecule has 0 aromatic heterocycles. The van der Waals surface area contributed by atoms with Gasteiger partial charge in [0.15, 0.2) is 0 Å². The van der Waals surface area contributed by atoms with Crippen molar-refractivity contribution in [3.63, 3.8) is 0 Å². The first kappa shape index (κ1) is 20.6. The van der Waals surface area contributed by atoms with Gasteiger partial charge >= 0.3 is 5.97 Å². The summed E-state index contributed by atoms with van der Waals surface area (Å²) in [7, 11) is 0. The third kappa shape index (κ3) is 4.34. The van der Waals surface area contributed by atoms with Gasteiger partial charge in [0.1, 0.15) is 11.8 Å². The molecule has 2 aliphatic rings. The number of nitrogens with one attached hydrogen (secondary N) is 1. The van der Waals surface area contributed by atoms with E-state index in [0.29, 0.717) is 32.0 Å². The quantitative estimate of drug-likeness (QED) is 0.572. The SMILES string of the molecule is O=C(O)[C@@H]1Cc2ccc(OCCC3CNc4ccccc43)cc2CN1Cc1ccccc1. The molecule has 2 aliphatic heterocycles. The lowest BCUT2D eigenvalue weighted by atomic mass is 9.93. The Balaban J connectivity index is 1.25. The van der Waals surface area contributed by atoms with Gasteiger partial charge in [0, 0.05) is 31.2 Å². The van der Waals surface area contributed by atoms with Crippen LogP contribution < -0.4 is 10.1 Å². The fraction of sp³-hybridized carbons (Fsp3) is 0.296. The van der Waals surface area contributed by atoms with Crippen molar-refractivity contribution in [2.45, 2.75) is 37.9 Å². The van der Waals surface area contributed by atoms with Crippen molar-refractivity contribution in [2.24, 2.45) is 0 Å². The molecule has 2 atom stereocenters. The van der Waals surface area contributed by atoms with E-state index in [0.717, 1.165) is 35.4 Å². The Labute approximate surface area is 188 Å². The Morgan fingerprint density at radius 2 is 1.84 bits per heavy atom. The predicted octanol–water partition coefficient (Wildman–Crippen LogP) is 4.68. The van der Waals surface area contributed by atoms with Gasteiger partial charge in [-0.25, -0.2) is 0 Å². The Morgan fingerprint density at radius 1 is 1.03 bits per heavy atom. The molecule has 5 rings (SSSR count). The summed E-state index contributed by atoms with van der Waals surface area (Å²) in [5, 5.41) is 13.3. The van der Waals surface area contributed by atoms with E-state index in [4.69, 9.17) is 4.74 Å². The molecule has 5 heteroatoms. The van der Waals surface area contributed by atoms with Crippen LogP contribution in [-0.4, -0.2) is 35.2 Å². The van der Waals surface area contributed by atoms with Crippen molar-refractivity contribution in [2.75, 3.05) is 18.5 Å². The molecule has 0 saturated heterocycles. The normalized spacial score (nSPS) is 19.6. The molecule has 0 radical (unpaired) electrons. The Hall–Kier alpha value is -3.31. The summed E-state index contributed by atoms with van der Waals surface area (Å²) < 4.78 is 6.11. The van der Waals surface area contributed by atoms with E-state index in [2.05, 4.69) is 35.6 Å². The van der Waals surface area contributed by atoms with Gasteiger partial charge in [-0.2, -0.15) is 0 Å². The first-order chi connectivity index (χ1) is 15.7. The van der Waals surface area contributed by atoms with Gasteiger partial charge in [-0.1, -0.05) is 54.6 Å². The number of fused-ring (bicyclic) bond motifs is 2. The second kappa shape index (κ2) is 9.05. The maximum atomic E-state index is 11.9. The average Bonchev–Trinajstić information content (AvgIpc) is 3.22. The standard InChI is InChI=1S/C27H28N2O3/c30-27(31)26-15-20-10-11-23(14-22(20)18-29(26)17-19-6-2-1-3-7-19)32-13-12-21-16-28-25-9-5-4-8-24(21)25/h1-11,14,21,26,28H,12-13,15-18H2,(H,30,31)/t21?,26-/m0/s1. The second-order valence-electron chi connectivity index (χ2n) is 8.68. The minimum atomic E-state index is -0.766. The fourth-order valence-corrected chi connectivity index (χ4v) is 4.87. The number of aliphatic carboxylic acids is 1.